The van der Waals surface area contributed by atoms with E-state index in [0.29, 0.717) is 34.4 Å². The average molecular weight is 606 g/mol. The second kappa shape index (κ2) is 13.0. The molecule has 0 saturated carbocycles. The summed E-state index contributed by atoms with van der Waals surface area (Å²) in [6.07, 6.45) is -0.326. The summed E-state index contributed by atoms with van der Waals surface area (Å²) in [5.74, 6) is 0.0761. The number of halogens is 2. The van der Waals surface area contributed by atoms with Crippen LogP contribution in [0.3, 0.4) is 0 Å². The first-order chi connectivity index (χ1) is 19.1. The molecule has 0 saturated heterocycles. The Labute approximate surface area is 243 Å². The van der Waals surface area contributed by atoms with Gasteiger partial charge >= 0.3 is 0 Å². The van der Waals surface area contributed by atoms with Crippen molar-refractivity contribution in [2.45, 2.75) is 42.8 Å². The molecule has 0 unspecified atom stereocenters. The molecule has 0 fully saturated rings. The van der Waals surface area contributed by atoms with E-state index in [4.69, 9.17) is 42.8 Å². The van der Waals surface area contributed by atoms with E-state index in [9.17, 15) is 13.2 Å². The highest BCUT2D eigenvalue weighted by molar-refractivity contribution is 7.91. The third kappa shape index (κ3) is 6.96. The molecule has 0 radical (unpaired) electrons. The number of amides is 1. The molecule has 8 nitrogen and oxygen atoms in total. The van der Waals surface area contributed by atoms with Crippen LogP contribution >= 0.6 is 23.2 Å². The topological polar surface area (TPSA) is 114 Å². The third-order valence-corrected chi connectivity index (χ3v) is 9.09. The number of hydrogen-bond donors (Lipinski definition) is 2. The molecule has 40 heavy (non-hydrogen) atoms. The summed E-state index contributed by atoms with van der Waals surface area (Å²) in [6, 6.07) is 20.1. The number of hydrogen-bond acceptors (Lipinski definition) is 7. The largest absolute Gasteiger partial charge is 0.494 e. The number of aliphatic hydroxyl groups is 1. The van der Waals surface area contributed by atoms with Gasteiger partial charge in [-0.1, -0.05) is 47.5 Å². The summed E-state index contributed by atoms with van der Waals surface area (Å²) in [4.78, 5) is 18.6. The second-order valence-electron chi connectivity index (χ2n) is 9.36. The minimum atomic E-state index is -3.69. The first kappa shape index (κ1) is 29.9. The Bertz CT molecular complexity index is 1470. The molecule has 1 amide bonds. The molecule has 2 atom stereocenters. The minimum Gasteiger partial charge on any atom is -0.494 e. The number of ether oxygens (including phenoxy) is 2. The molecule has 4 rings (SSSR count). The van der Waals surface area contributed by atoms with Gasteiger partial charge in [0.05, 0.1) is 27.3 Å². The Hall–Kier alpha value is -3.11. The lowest BCUT2D eigenvalue weighted by atomic mass is 9.90. The van der Waals surface area contributed by atoms with Gasteiger partial charge in [0.2, 0.25) is 5.90 Å². The van der Waals surface area contributed by atoms with Gasteiger partial charge < -0.3 is 19.9 Å². The lowest BCUT2D eigenvalue weighted by molar-refractivity contribution is -0.128. The van der Waals surface area contributed by atoms with E-state index in [1.54, 1.807) is 67.6 Å². The molecule has 212 valence electrons. The van der Waals surface area contributed by atoms with E-state index in [2.05, 4.69) is 5.32 Å². The lowest BCUT2D eigenvalue weighted by Gasteiger charge is -2.28. The van der Waals surface area contributed by atoms with Gasteiger partial charge in [-0.15, -0.1) is 0 Å². The van der Waals surface area contributed by atoms with E-state index in [-0.39, 0.29) is 36.1 Å². The van der Waals surface area contributed by atoms with Crippen molar-refractivity contribution < 1.29 is 27.8 Å². The highest BCUT2D eigenvalue weighted by atomic mass is 35.5. The van der Waals surface area contributed by atoms with Crippen LogP contribution in [0.25, 0.3) is 0 Å². The van der Waals surface area contributed by atoms with Crippen molar-refractivity contribution >= 4 is 44.8 Å². The van der Waals surface area contributed by atoms with Gasteiger partial charge in [-0.05, 0) is 67.4 Å². The van der Waals surface area contributed by atoms with Crippen LogP contribution in [-0.2, 0) is 25.9 Å². The zero-order valence-corrected chi connectivity index (χ0v) is 24.2. The molecular formula is C29H30Cl2N2O6S. The van der Waals surface area contributed by atoms with Crippen LogP contribution in [0.4, 0.5) is 0 Å². The molecule has 1 aliphatic rings. The van der Waals surface area contributed by atoms with Crippen molar-refractivity contribution in [2.75, 3.05) is 19.0 Å². The molecule has 1 aliphatic heterocycles. The summed E-state index contributed by atoms with van der Waals surface area (Å²) >= 11 is 12.1. The van der Waals surface area contributed by atoms with Crippen LogP contribution in [0.5, 0.6) is 5.75 Å². The summed E-state index contributed by atoms with van der Waals surface area (Å²) in [6.45, 7) is 2.26. The number of aliphatic imine (C=N–C) groups is 1. The maximum Gasteiger partial charge on any atom is 0.252 e. The number of benzene rings is 3. The van der Waals surface area contributed by atoms with Crippen molar-refractivity contribution in [3.05, 3.63) is 94.0 Å². The second-order valence-corrected chi connectivity index (χ2v) is 12.3. The predicted molar refractivity (Wildman–Crippen MR) is 155 cm³/mol. The molecule has 0 spiro atoms. The molecule has 11 heteroatoms. The smallest absolute Gasteiger partial charge is 0.252 e. The molecule has 0 aliphatic carbocycles. The van der Waals surface area contributed by atoms with E-state index in [0.717, 1.165) is 5.56 Å². The molecule has 3 aromatic carbocycles. The molecular weight excluding hydrogens is 575 g/mol. The van der Waals surface area contributed by atoms with Gasteiger partial charge in [0, 0.05) is 25.1 Å². The van der Waals surface area contributed by atoms with Crippen molar-refractivity contribution in [3.63, 3.8) is 0 Å². The molecule has 3 aromatic rings. The van der Waals surface area contributed by atoms with Gasteiger partial charge in [0.1, 0.15) is 11.9 Å². The summed E-state index contributed by atoms with van der Waals surface area (Å²) < 4.78 is 37.9. The van der Waals surface area contributed by atoms with Crippen LogP contribution in [0.1, 0.15) is 30.9 Å². The quantitative estimate of drug-likeness (QED) is 0.286. The molecule has 2 N–H and O–H groups in total. The maximum atomic E-state index is 13.7. The number of sulfone groups is 1. The van der Waals surface area contributed by atoms with Crippen molar-refractivity contribution in [3.8, 4) is 5.75 Å². The molecule has 0 bridgehead atoms. The number of carbonyl (C=O) groups excluding carboxylic acids is 1. The number of nitrogens with zero attached hydrogens (tertiary/aromatic N) is 1. The number of nitrogens with one attached hydrogen (secondary N) is 1. The standard InChI is InChI=1S/C29H30Cl2N2O6S/c1-20-29(14-17-40(36,37)24-6-3-2-4-7-24,28(35)32-19-21-8-13-25(30)26(31)18-21)33-27(39-20)22-9-11-23(12-10-22)38-16-5-15-34/h2-4,6-13,18,20,34H,5,14-17,19H2,1H3,(H,32,35)/t20-,29-/m1/s1. The lowest BCUT2D eigenvalue weighted by Crippen LogP contribution is -2.51. The van der Waals surface area contributed by atoms with E-state index >= 15 is 0 Å². The van der Waals surface area contributed by atoms with Crippen LogP contribution < -0.4 is 10.1 Å². The Morgan fingerprint density at radius 2 is 1.80 bits per heavy atom. The normalized spacial score (nSPS) is 18.6. The monoisotopic (exact) mass is 604 g/mol. The highest BCUT2D eigenvalue weighted by Crippen LogP contribution is 2.34. The highest BCUT2D eigenvalue weighted by Gasteiger charge is 2.50. The summed E-state index contributed by atoms with van der Waals surface area (Å²) in [5.41, 5.74) is -0.155. The van der Waals surface area contributed by atoms with E-state index < -0.39 is 27.4 Å². The molecule has 1 heterocycles. The SMILES string of the molecule is C[C@H]1OC(c2ccc(OCCCO)cc2)=N[C@@]1(CCS(=O)(=O)c1ccccc1)C(=O)NCc1ccc(Cl)c(Cl)c1. The number of carbonyl (C=O) groups is 1. The average Bonchev–Trinajstić information content (AvgIpc) is 3.30. The van der Waals surface area contributed by atoms with Crippen molar-refractivity contribution in [2.24, 2.45) is 4.99 Å². The molecule has 0 aromatic heterocycles. The first-order valence-electron chi connectivity index (χ1n) is 12.8. The Balaban J connectivity index is 1.60. The van der Waals surface area contributed by atoms with Crippen LogP contribution in [0.2, 0.25) is 10.0 Å². The fourth-order valence-corrected chi connectivity index (χ4v) is 5.98. The van der Waals surface area contributed by atoms with Gasteiger partial charge in [-0.25, -0.2) is 13.4 Å². The zero-order valence-electron chi connectivity index (χ0n) is 21.8. The van der Waals surface area contributed by atoms with Crippen LogP contribution in [0.15, 0.2) is 82.7 Å². The Kier molecular flexibility index (Phi) is 9.73. The van der Waals surface area contributed by atoms with Gasteiger partial charge in [0.25, 0.3) is 5.91 Å². The Morgan fingerprint density at radius 1 is 1.07 bits per heavy atom. The maximum absolute atomic E-state index is 13.7. The zero-order chi connectivity index (χ0) is 28.8. The van der Waals surface area contributed by atoms with Crippen molar-refractivity contribution in [1.29, 1.82) is 0 Å². The fourth-order valence-electron chi connectivity index (χ4n) is 4.27. The summed E-state index contributed by atoms with van der Waals surface area (Å²) in [5, 5.41) is 12.6. The van der Waals surface area contributed by atoms with Crippen LogP contribution in [-0.4, -0.2) is 55.9 Å². The predicted octanol–water partition coefficient (Wildman–Crippen LogP) is 4.84. The van der Waals surface area contributed by atoms with Crippen LogP contribution in [0, 0.1) is 0 Å². The minimum absolute atomic E-state index is 0.0375. The van der Waals surface area contributed by atoms with Gasteiger partial charge in [-0.2, -0.15) is 0 Å². The first-order valence-corrected chi connectivity index (χ1v) is 15.2. The van der Waals surface area contributed by atoms with Gasteiger partial charge in [-0.3, -0.25) is 4.79 Å². The number of rotatable bonds is 12. The van der Waals surface area contributed by atoms with E-state index in [1.807, 2.05) is 0 Å². The fraction of sp³-hybridized carbons (Fsp3) is 0.310. The third-order valence-electron chi connectivity index (χ3n) is 6.62. The summed E-state index contributed by atoms with van der Waals surface area (Å²) in [7, 11) is -3.69. The number of aliphatic hydroxyl groups excluding tert-OH is 1. The Morgan fingerprint density at radius 3 is 2.48 bits per heavy atom. The van der Waals surface area contributed by atoms with Gasteiger partial charge in [0.15, 0.2) is 15.4 Å². The van der Waals surface area contributed by atoms with E-state index in [1.165, 1.54) is 12.1 Å². The van der Waals surface area contributed by atoms with Crippen molar-refractivity contribution in [1.82, 2.24) is 5.32 Å².